The standard InChI is InChI=1S/C9H9FN2O2/c1-14-9(13)6-11-12-8-4-2-7(10)3-5-8/h2-6,12H,1H3/b11-6-. The minimum absolute atomic E-state index is 0.326. The van der Waals surface area contributed by atoms with E-state index < -0.39 is 5.97 Å². The Morgan fingerprint density at radius 3 is 2.71 bits per heavy atom. The molecule has 14 heavy (non-hydrogen) atoms. The molecule has 0 saturated carbocycles. The van der Waals surface area contributed by atoms with Crippen molar-refractivity contribution in [2.75, 3.05) is 12.5 Å². The molecule has 0 bridgehead atoms. The van der Waals surface area contributed by atoms with Gasteiger partial charge in [0.05, 0.1) is 12.8 Å². The minimum Gasteiger partial charge on any atom is -0.465 e. The van der Waals surface area contributed by atoms with Gasteiger partial charge in [0.15, 0.2) is 0 Å². The van der Waals surface area contributed by atoms with Crippen LogP contribution >= 0.6 is 0 Å². The van der Waals surface area contributed by atoms with Gasteiger partial charge in [0.2, 0.25) is 0 Å². The van der Waals surface area contributed by atoms with E-state index in [1.54, 1.807) is 0 Å². The van der Waals surface area contributed by atoms with Crippen molar-refractivity contribution in [1.29, 1.82) is 0 Å². The van der Waals surface area contributed by atoms with Crippen molar-refractivity contribution >= 4 is 17.9 Å². The summed E-state index contributed by atoms with van der Waals surface area (Å²) in [4.78, 5) is 10.6. The SMILES string of the molecule is COC(=O)/C=N\Nc1ccc(F)cc1. The highest BCUT2D eigenvalue weighted by atomic mass is 19.1. The zero-order valence-electron chi connectivity index (χ0n) is 7.53. The van der Waals surface area contributed by atoms with E-state index in [4.69, 9.17) is 0 Å². The number of esters is 1. The quantitative estimate of drug-likeness (QED) is 0.451. The summed E-state index contributed by atoms with van der Waals surface area (Å²) in [7, 11) is 1.26. The number of carbonyl (C=O) groups excluding carboxylic acids is 1. The molecular formula is C9H9FN2O2. The van der Waals surface area contributed by atoms with Crippen LogP contribution in [0, 0.1) is 5.82 Å². The molecule has 0 spiro atoms. The lowest BCUT2D eigenvalue weighted by molar-refractivity contribution is -0.132. The molecule has 0 unspecified atom stereocenters. The molecule has 74 valence electrons. The molecule has 0 radical (unpaired) electrons. The molecule has 0 heterocycles. The summed E-state index contributed by atoms with van der Waals surface area (Å²) in [6, 6.07) is 5.58. The number of ether oxygens (including phenoxy) is 1. The number of nitrogens with one attached hydrogen (secondary N) is 1. The van der Waals surface area contributed by atoms with E-state index in [-0.39, 0.29) is 5.82 Å². The number of hydrogen-bond acceptors (Lipinski definition) is 4. The van der Waals surface area contributed by atoms with Crippen LogP contribution in [-0.4, -0.2) is 19.3 Å². The summed E-state index contributed by atoms with van der Waals surface area (Å²) in [5.41, 5.74) is 3.13. The van der Waals surface area contributed by atoms with Crippen molar-refractivity contribution in [3.8, 4) is 0 Å². The van der Waals surface area contributed by atoms with Crippen molar-refractivity contribution < 1.29 is 13.9 Å². The number of benzene rings is 1. The minimum atomic E-state index is -0.556. The smallest absolute Gasteiger partial charge is 0.350 e. The van der Waals surface area contributed by atoms with E-state index in [2.05, 4.69) is 15.3 Å². The number of methoxy groups -OCH3 is 1. The summed E-state index contributed by atoms with van der Waals surface area (Å²) in [6.07, 6.45) is 0.989. The first-order valence-corrected chi connectivity index (χ1v) is 3.85. The average Bonchev–Trinajstić information content (AvgIpc) is 2.21. The first-order chi connectivity index (χ1) is 6.72. The normalized spacial score (nSPS) is 10.1. The monoisotopic (exact) mass is 196 g/mol. The van der Waals surface area contributed by atoms with Gasteiger partial charge in [-0.25, -0.2) is 9.18 Å². The van der Waals surface area contributed by atoms with Gasteiger partial charge in [-0.1, -0.05) is 0 Å². The number of halogens is 1. The number of anilines is 1. The van der Waals surface area contributed by atoms with Crippen LogP contribution in [-0.2, 0) is 9.53 Å². The molecular weight excluding hydrogens is 187 g/mol. The van der Waals surface area contributed by atoms with Crippen LogP contribution < -0.4 is 5.43 Å². The van der Waals surface area contributed by atoms with E-state index in [0.29, 0.717) is 5.69 Å². The van der Waals surface area contributed by atoms with E-state index >= 15 is 0 Å². The van der Waals surface area contributed by atoms with Gasteiger partial charge in [-0.2, -0.15) is 5.10 Å². The largest absolute Gasteiger partial charge is 0.465 e. The van der Waals surface area contributed by atoms with Crippen LogP contribution in [0.5, 0.6) is 0 Å². The Kier molecular flexibility index (Phi) is 3.60. The summed E-state index contributed by atoms with van der Waals surface area (Å²) in [5, 5.41) is 3.57. The molecule has 0 amide bonds. The van der Waals surface area contributed by atoms with Gasteiger partial charge in [0, 0.05) is 0 Å². The number of hydrogen-bond donors (Lipinski definition) is 1. The third-order valence-electron chi connectivity index (χ3n) is 1.41. The van der Waals surface area contributed by atoms with Gasteiger partial charge in [-0.3, -0.25) is 5.43 Å². The fourth-order valence-corrected chi connectivity index (χ4v) is 0.737. The topological polar surface area (TPSA) is 50.7 Å². The van der Waals surface area contributed by atoms with Gasteiger partial charge in [0.1, 0.15) is 12.0 Å². The molecule has 5 heteroatoms. The zero-order valence-corrected chi connectivity index (χ0v) is 7.53. The summed E-state index contributed by atoms with van der Waals surface area (Å²) < 4.78 is 16.8. The maximum atomic E-state index is 12.5. The first kappa shape index (κ1) is 10.2. The third-order valence-corrected chi connectivity index (χ3v) is 1.41. The highest BCUT2D eigenvalue weighted by Gasteiger charge is 1.92. The predicted molar refractivity (Wildman–Crippen MR) is 50.5 cm³/mol. The Morgan fingerprint density at radius 2 is 2.14 bits per heavy atom. The fourth-order valence-electron chi connectivity index (χ4n) is 0.737. The third kappa shape index (κ3) is 3.22. The molecule has 0 aliphatic carbocycles. The van der Waals surface area contributed by atoms with Crippen LogP contribution in [0.2, 0.25) is 0 Å². The van der Waals surface area contributed by atoms with Crippen LogP contribution in [0.4, 0.5) is 10.1 Å². The van der Waals surface area contributed by atoms with Gasteiger partial charge >= 0.3 is 5.97 Å². The van der Waals surface area contributed by atoms with Crippen molar-refractivity contribution in [2.24, 2.45) is 5.10 Å². The molecule has 0 fully saturated rings. The van der Waals surface area contributed by atoms with Crippen LogP contribution in [0.15, 0.2) is 29.4 Å². The maximum Gasteiger partial charge on any atom is 0.350 e. The molecule has 1 rings (SSSR count). The van der Waals surface area contributed by atoms with Crippen molar-refractivity contribution in [3.63, 3.8) is 0 Å². The van der Waals surface area contributed by atoms with Crippen molar-refractivity contribution in [1.82, 2.24) is 0 Å². The second kappa shape index (κ2) is 4.96. The van der Waals surface area contributed by atoms with E-state index in [1.807, 2.05) is 0 Å². The van der Waals surface area contributed by atoms with Crippen LogP contribution in [0.1, 0.15) is 0 Å². The second-order valence-electron chi connectivity index (χ2n) is 2.40. The molecule has 0 aromatic heterocycles. The highest BCUT2D eigenvalue weighted by Crippen LogP contribution is 2.07. The number of nitrogens with zero attached hydrogens (tertiary/aromatic N) is 1. The summed E-state index contributed by atoms with van der Waals surface area (Å²) in [6.45, 7) is 0. The molecule has 1 aromatic rings. The van der Waals surface area contributed by atoms with Gasteiger partial charge < -0.3 is 4.74 Å². The van der Waals surface area contributed by atoms with E-state index in [9.17, 15) is 9.18 Å². The van der Waals surface area contributed by atoms with Gasteiger partial charge in [-0.15, -0.1) is 0 Å². The zero-order chi connectivity index (χ0) is 10.4. The molecule has 0 saturated heterocycles. The average molecular weight is 196 g/mol. The fraction of sp³-hybridized carbons (Fsp3) is 0.111. The highest BCUT2D eigenvalue weighted by molar-refractivity contribution is 6.23. The Morgan fingerprint density at radius 1 is 1.50 bits per heavy atom. The molecule has 1 N–H and O–H groups in total. The molecule has 1 aromatic carbocycles. The van der Waals surface area contributed by atoms with Crippen LogP contribution in [0.25, 0.3) is 0 Å². The van der Waals surface area contributed by atoms with E-state index in [0.717, 1.165) is 6.21 Å². The Balaban J connectivity index is 2.49. The lowest BCUT2D eigenvalue weighted by atomic mass is 10.3. The van der Waals surface area contributed by atoms with Gasteiger partial charge in [0.25, 0.3) is 0 Å². The maximum absolute atomic E-state index is 12.5. The number of carbonyl (C=O) groups is 1. The first-order valence-electron chi connectivity index (χ1n) is 3.85. The van der Waals surface area contributed by atoms with Gasteiger partial charge in [-0.05, 0) is 24.3 Å². The molecule has 0 aliphatic rings. The number of hydrazone groups is 1. The second-order valence-corrected chi connectivity index (χ2v) is 2.40. The lowest BCUT2D eigenvalue weighted by Crippen LogP contribution is -2.02. The summed E-state index contributed by atoms with van der Waals surface area (Å²) in [5.74, 6) is -0.882. The Labute approximate surface area is 80.4 Å². The lowest BCUT2D eigenvalue weighted by Gasteiger charge is -1.98. The van der Waals surface area contributed by atoms with Crippen molar-refractivity contribution in [3.05, 3.63) is 30.1 Å². The molecule has 4 nitrogen and oxygen atoms in total. The van der Waals surface area contributed by atoms with E-state index in [1.165, 1.54) is 31.4 Å². The summed E-state index contributed by atoms with van der Waals surface area (Å²) >= 11 is 0. The number of rotatable bonds is 3. The van der Waals surface area contributed by atoms with Crippen molar-refractivity contribution in [2.45, 2.75) is 0 Å². The Hall–Kier alpha value is -1.91. The molecule has 0 aliphatic heterocycles. The van der Waals surface area contributed by atoms with Crippen LogP contribution in [0.3, 0.4) is 0 Å². The molecule has 0 atom stereocenters. The Bertz CT molecular complexity index is 335. The predicted octanol–water partition coefficient (Wildman–Crippen LogP) is 1.40.